The highest BCUT2D eigenvalue weighted by molar-refractivity contribution is 6.31. The van der Waals surface area contributed by atoms with E-state index in [-0.39, 0.29) is 19.8 Å². The van der Waals surface area contributed by atoms with E-state index in [1.807, 2.05) is 72.8 Å². The van der Waals surface area contributed by atoms with E-state index in [0.29, 0.717) is 22.2 Å². The van der Waals surface area contributed by atoms with Crippen LogP contribution in [-0.4, -0.2) is 30.0 Å². The topological polar surface area (TPSA) is 49.7 Å². The maximum Gasteiger partial charge on any atom is 0.119 e. The summed E-state index contributed by atoms with van der Waals surface area (Å²) >= 11 is 12.2. The second-order valence-electron chi connectivity index (χ2n) is 6.44. The number of aliphatic hydroxyl groups is 2. The molecule has 0 spiro atoms. The zero-order valence-corrected chi connectivity index (χ0v) is 17.3. The molecule has 0 bridgehead atoms. The predicted octanol–water partition coefficient (Wildman–Crippen LogP) is 5.71. The molecule has 3 aromatic carbocycles. The summed E-state index contributed by atoms with van der Waals surface area (Å²) in [6, 6.07) is 23.0. The molecule has 0 unspecified atom stereocenters. The lowest BCUT2D eigenvalue weighted by Crippen LogP contribution is -2.02. The van der Waals surface area contributed by atoms with Gasteiger partial charge < -0.3 is 14.9 Å². The maximum absolute atomic E-state index is 9.76. The second-order valence-corrected chi connectivity index (χ2v) is 7.31. The fourth-order valence-corrected chi connectivity index (χ4v) is 3.44. The van der Waals surface area contributed by atoms with E-state index in [1.165, 1.54) is 0 Å². The molecule has 150 valence electrons. The molecule has 0 aliphatic rings. The molecule has 0 saturated heterocycles. The Morgan fingerprint density at radius 3 is 1.62 bits per heavy atom. The van der Waals surface area contributed by atoms with Crippen molar-refractivity contribution in [3.63, 3.8) is 0 Å². The van der Waals surface area contributed by atoms with E-state index < -0.39 is 0 Å². The second kappa shape index (κ2) is 10.5. The van der Waals surface area contributed by atoms with Crippen LogP contribution in [0, 0.1) is 0 Å². The summed E-state index contributed by atoms with van der Waals surface area (Å²) in [4.78, 5) is 0. The van der Waals surface area contributed by atoms with Crippen LogP contribution < -0.4 is 4.74 Å². The van der Waals surface area contributed by atoms with Crippen molar-refractivity contribution < 1.29 is 14.9 Å². The first-order chi connectivity index (χ1) is 14.1. The first-order valence-corrected chi connectivity index (χ1v) is 10.1. The summed E-state index contributed by atoms with van der Waals surface area (Å²) in [5.41, 5.74) is 5.00. The van der Waals surface area contributed by atoms with E-state index in [2.05, 4.69) is 0 Å². The fourth-order valence-electron chi connectivity index (χ4n) is 3.19. The van der Waals surface area contributed by atoms with Crippen molar-refractivity contribution in [2.75, 3.05) is 19.8 Å². The Hall–Kier alpha value is -2.30. The molecule has 0 aliphatic carbocycles. The first kappa shape index (κ1) is 21.4. The van der Waals surface area contributed by atoms with Crippen LogP contribution >= 0.6 is 23.2 Å². The van der Waals surface area contributed by atoms with Crippen molar-refractivity contribution in [3.8, 4) is 5.75 Å². The fraction of sp³-hybridized carbons (Fsp3) is 0.167. The van der Waals surface area contributed by atoms with Crippen LogP contribution in [0.3, 0.4) is 0 Å². The molecule has 3 aromatic rings. The monoisotopic (exact) mass is 428 g/mol. The highest BCUT2D eigenvalue weighted by atomic mass is 35.5. The largest absolute Gasteiger partial charge is 0.491 e. The number of hydrogen-bond donors (Lipinski definition) is 2. The minimum absolute atomic E-state index is 0.0206. The molecule has 2 N–H and O–H groups in total. The Bertz CT molecular complexity index is 947. The van der Waals surface area contributed by atoms with Gasteiger partial charge in [-0.3, -0.25) is 0 Å². The van der Waals surface area contributed by atoms with Gasteiger partial charge >= 0.3 is 0 Å². The Morgan fingerprint density at radius 2 is 1.14 bits per heavy atom. The summed E-state index contributed by atoms with van der Waals surface area (Å²) in [5, 5.41) is 20.0. The number of ether oxygens (including phenoxy) is 1. The first-order valence-electron chi connectivity index (χ1n) is 9.32. The molecule has 29 heavy (non-hydrogen) atoms. The van der Waals surface area contributed by atoms with Gasteiger partial charge in [0.1, 0.15) is 12.4 Å². The van der Waals surface area contributed by atoms with Crippen molar-refractivity contribution in [1.82, 2.24) is 0 Å². The Labute approximate surface area is 180 Å². The van der Waals surface area contributed by atoms with E-state index in [1.54, 1.807) is 0 Å². The van der Waals surface area contributed by atoms with Crippen molar-refractivity contribution in [3.05, 3.63) is 99.5 Å². The highest BCUT2D eigenvalue weighted by Crippen LogP contribution is 2.35. The average Bonchev–Trinajstić information content (AvgIpc) is 2.74. The normalized spacial score (nSPS) is 11.9. The quantitative estimate of drug-likeness (QED) is 0.452. The van der Waals surface area contributed by atoms with Crippen molar-refractivity contribution in [1.29, 1.82) is 0 Å². The number of rotatable bonds is 8. The Kier molecular flexibility index (Phi) is 7.73. The minimum atomic E-state index is -0.0328. The van der Waals surface area contributed by atoms with Gasteiger partial charge in [-0.1, -0.05) is 59.6 Å². The number of benzene rings is 3. The standard InChI is InChI=1S/C24H22Cl2O3/c25-20-7-1-17(2-8-20)23(13-14-27)24(18-3-9-21(26)10-4-18)19-5-11-22(12-6-19)29-16-15-28/h1-12,27-28H,13-16H2. The molecule has 0 atom stereocenters. The van der Waals surface area contributed by atoms with Crippen molar-refractivity contribution in [2.24, 2.45) is 0 Å². The zero-order chi connectivity index (χ0) is 20.6. The van der Waals surface area contributed by atoms with Gasteiger partial charge in [-0.2, -0.15) is 0 Å². The lowest BCUT2D eigenvalue weighted by atomic mass is 9.88. The average molecular weight is 429 g/mol. The third-order valence-electron chi connectivity index (χ3n) is 4.49. The van der Waals surface area contributed by atoms with Gasteiger partial charge in [-0.15, -0.1) is 0 Å². The highest BCUT2D eigenvalue weighted by Gasteiger charge is 2.14. The van der Waals surface area contributed by atoms with Gasteiger partial charge in [0.05, 0.1) is 6.61 Å². The van der Waals surface area contributed by atoms with E-state index >= 15 is 0 Å². The van der Waals surface area contributed by atoms with Crippen LogP contribution in [0.4, 0.5) is 0 Å². The van der Waals surface area contributed by atoms with Crippen LogP contribution in [0.2, 0.25) is 10.0 Å². The molecule has 0 fully saturated rings. The molecular weight excluding hydrogens is 407 g/mol. The third kappa shape index (κ3) is 5.62. The maximum atomic E-state index is 9.76. The molecule has 0 heterocycles. The van der Waals surface area contributed by atoms with Crippen LogP contribution in [-0.2, 0) is 0 Å². The molecule has 0 aliphatic heterocycles. The molecule has 0 radical (unpaired) electrons. The van der Waals surface area contributed by atoms with Gasteiger partial charge in [0.2, 0.25) is 0 Å². The molecule has 3 rings (SSSR count). The summed E-state index contributed by atoms with van der Waals surface area (Å²) in [7, 11) is 0. The minimum Gasteiger partial charge on any atom is -0.491 e. The van der Waals surface area contributed by atoms with Gasteiger partial charge in [0, 0.05) is 16.7 Å². The lowest BCUT2D eigenvalue weighted by molar-refractivity contribution is 0.201. The number of hydrogen-bond acceptors (Lipinski definition) is 3. The SMILES string of the molecule is OCCOc1ccc(C(=C(CCO)c2ccc(Cl)cc2)c2ccc(Cl)cc2)cc1. The Morgan fingerprint density at radius 1 is 0.655 bits per heavy atom. The molecule has 0 aromatic heterocycles. The van der Waals surface area contributed by atoms with E-state index in [0.717, 1.165) is 27.8 Å². The summed E-state index contributed by atoms with van der Waals surface area (Å²) in [6.07, 6.45) is 0.488. The predicted molar refractivity (Wildman–Crippen MR) is 120 cm³/mol. The Balaban J connectivity index is 2.16. The van der Waals surface area contributed by atoms with E-state index in [4.69, 9.17) is 33.0 Å². The lowest BCUT2D eigenvalue weighted by Gasteiger charge is -2.17. The molecule has 3 nitrogen and oxygen atoms in total. The van der Waals surface area contributed by atoms with Crippen molar-refractivity contribution in [2.45, 2.75) is 6.42 Å². The number of aliphatic hydroxyl groups excluding tert-OH is 2. The summed E-state index contributed by atoms with van der Waals surface area (Å²) in [5.74, 6) is 0.688. The molecule has 5 heteroatoms. The van der Waals surface area contributed by atoms with Gasteiger partial charge in [0.15, 0.2) is 0 Å². The number of halogens is 2. The molecular formula is C24H22Cl2O3. The van der Waals surface area contributed by atoms with Gasteiger partial charge in [-0.05, 0) is 70.7 Å². The third-order valence-corrected chi connectivity index (χ3v) is 5.00. The smallest absolute Gasteiger partial charge is 0.119 e. The van der Waals surface area contributed by atoms with Crippen LogP contribution in [0.15, 0.2) is 72.8 Å². The van der Waals surface area contributed by atoms with Crippen molar-refractivity contribution >= 4 is 34.3 Å². The summed E-state index contributed by atoms with van der Waals surface area (Å²) < 4.78 is 5.48. The van der Waals surface area contributed by atoms with Crippen LogP contribution in [0.5, 0.6) is 5.75 Å². The molecule has 0 amide bonds. The van der Waals surface area contributed by atoms with Gasteiger partial charge in [0.25, 0.3) is 0 Å². The molecule has 0 saturated carbocycles. The van der Waals surface area contributed by atoms with Crippen LogP contribution in [0.1, 0.15) is 23.1 Å². The van der Waals surface area contributed by atoms with E-state index in [9.17, 15) is 5.11 Å². The van der Waals surface area contributed by atoms with Gasteiger partial charge in [-0.25, -0.2) is 0 Å². The van der Waals surface area contributed by atoms with Crippen LogP contribution in [0.25, 0.3) is 11.1 Å². The summed E-state index contributed by atoms with van der Waals surface area (Å²) in [6.45, 7) is 0.238. The zero-order valence-electron chi connectivity index (χ0n) is 15.8.